The van der Waals surface area contributed by atoms with E-state index in [9.17, 15) is 22.8 Å². The number of aromatic amines is 1. The van der Waals surface area contributed by atoms with Crippen molar-refractivity contribution in [3.05, 3.63) is 70.4 Å². The number of rotatable bonds is 8. The highest BCUT2D eigenvalue weighted by atomic mass is 32.1. The molecule has 0 aliphatic heterocycles. The molecule has 7 nitrogen and oxygen atoms in total. The van der Waals surface area contributed by atoms with Crippen LogP contribution in [0.1, 0.15) is 59.3 Å². The molecule has 2 aromatic heterocycles. The largest absolute Gasteiger partial charge is 0.573 e. The van der Waals surface area contributed by atoms with Crippen molar-refractivity contribution in [2.24, 2.45) is 0 Å². The summed E-state index contributed by atoms with van der Waals surface area (Å²) in [5.74, 6) is -0.689. The molecule has 0 saturated heterocycles. The van der Waals surface area contributed by atoms with Gasteiger partial charge in [0.15, 0.2) is 10.9 Å². The van der Waals surface area contributed by atoms with Crippen LogP contribution in [0.2, 0.25) is 0 Å². The van der Waals surface area contributed by atoms with Crippen LogP contribution in [0.25, 0.3) is 10.9 Å². The van der Waals surface area contributed by atoms with Gasteiger partial charge in [-0.25, -0.2) is 4.98 Å². The third kappa shape index (κ3) is 5.70. The van der Waals surface area contributed by atoms with Crippen molar-refractivity contribution in [3.8, 4) is 11.5 Å². The number of carbonyl (C=O) groups excluding carboxylic acids is 2. The first-order valence-electron chi connectivity index (χ1n) is 13.0. The topological polar surface area (TPSA) is 84.5 Å². The SMILES string of the molecule is COc1ccc2[nH]c(C)c(CC(=O)N(c3nccs3)C3CCCCC3)c2c1C(=O)c1ccc(OC(F)(F)F)cc1. The van der Waals surface area contributed by atoms with Crippen molar-refractivity contribution in [1.29, 1.82) is 0 Å². The van der Waals surface area contributed by atoms with Gasteiger partial charge < -0.3 is 14.5 Å². The molecule has 1 aliphatic rings. The number of ketones is 1. The molecule has 11 heteroatoms. The number of benzene rings is 2. The molecule has 0 bridgehead atoms. The van der Waals surface area contributed by atoms with Crippen molar-refractivity contribution >= 4 is 39.1 Å². The predicted octanol–water partition coefficient (Wildman–Crippen LogP) is 6.98. The van der Waals surface area contributed by atoms with Crippen molar-refractivity contribution < 1.29 is 32.2 Å². The summed E-state index contributed by atoms with van der Waals surface area (Å²) in [4.78, 5) is 37.2. The number of nitrogens with zero attached hydrogens (tertiary/aromatic N) is 2. The number of alkyl halides is 3. The summed E-state index contributed by atoms with van der Waals surface area (Å²) in [6.07, 6.45) is 1.94. The van der Waals surface area contributed by atoms with Crippen LogP contribution in [-0.2, 0) is 11.2 Å². The minimum atomic E-state index is -4.84. The average Bonchev–Trinajstić information content (AvgIpc) is 3.56. The zero-order chi connectivity index (χ0) is 28.4. The van der Waals surface area contributed by atoms with Crippen LogP contribution in [0.3, 0.4) is 0 Å². The molecule has 1 saturated carbocycles. The van der Waals surface area contributed by atoms with E-state index in [1.54, 1.807) is 18.3 Å². The Morgan fingerprint density at radius 1 is 1.10 bits per heavy atom. The monoisotopic (exact) mass is 571 g/mol. The predicted molar refractivity (Wildman–Crippen MR) is 146 cm³/mol. The maximum atomic E-state index is 13.9. The molecule has 1 amide bonds. The lowest BCUT2D eigenvalue weighted by Crippen LogP contribution is -2.42. The molecule has 0 spiro atoms. The number of halogens is 3. The average molecular weight is 572 g/mol. The number of fused-ring (bicyclic) bond motifs is 1. The normalized spacial score (nSPS) is 14.3. The van der Waals surface area contributed by atoms with E-state index in [1.165, 1.54) is 30.6 Å². The molecule has 4 aromatic rings. The maximum Gasteiger partial charge on any atom is 0.573 e. The fourth-order valence-electron chi connectivity index (χ4n) is 5.41. The number of thiazole rings is 1. The summed E-state index contributed by atoms with van der Waals surface area (Å²) >= 11 is 1.42. The first-order chi connectivity index (χ1) is 19.2. The highest BCUT2D eigenvalue weighted by Gasteiger charge is 2.32. The number of ether oxygens (including phenoxy) is 2. The van der Waals surface area contributed by atoms with Crippen LogP contribution in [0.5, 0.6) is 11.5 Å². The fraction of sp³-hybridized carbons (Fsp3) is 0.345. The Morgan fingerprint density at radius 2 is 1.82 bits per heavy atom. The quantitative estimate of drug-likeness (QED) is 0.231. The lowest BCUT2D eigenvalue weighted by molar-refractivity contribution is -0.274. The molecular formula is C29H28F3N3O4S. The zero-order valence-electron chi connectivity index (χ0n) is 22.0. The van der Waals surface area contributed by atoms with E-state index in [4.69, 9.17) is 4.74 Å². The fourth-order valence-corrected chi connectivity index (χ4v) is 6.14. The van der Waals surface area contributed by atoms with Gasteiger partial charge in [0.1, 0.15) is 11.5 Å². The van der Waals surface area contributed by atoms with E-state index in [1.807, 2.05) is 17.2 Å². The molecule has 40 heavy (non-hydrogen) atoms. The summed E-state index contributed by atoms with van der Waals surface area (Å²) < 4.78 is 47.3. The Balaban J connectivity index is 1.54. The molecule has 2 heterocycles. The third-order valence-corrected chi connectivity index (χ3v) is 7.97. The summed E-state index contributed by atoms with van der Waals surface area (Å²) in [5, 5.41) is 3.06. The van der Waals surface area contributed by atoms with Crippen LogP contribution in [0.4, 0.5) is 18.3 Å². The number of methoxy groups -OCH3 is 1. The van der Waals surface area contributed by atoms with Gasteiger partial charge in [-0.3, -0.25) is 14.5 Å². The van der Waals surface area contributed by atoms with Crippen LogP contribution in [0, 0.1) is 6.92 Å². The number of amides is 1. The standard InChI is InChI=1S/C29H28F3N3O4S/c1-17-21(16-24(36)35(28-33-14-15-40-28)19-6-4-3-5-7-19)25-22(34-17)12-13-23(38-2)26(25)27(37)18-8-10-20(11-9-18)39-29(30,31)32/h8-15,19,34H,3-7,16H2,1-2H3. The van der Waals surface area contributed by atoms with Gasteiger partial charge in [-0.1, -0.05) is 19.3 Å². The number of aryl methyl sites for hydroxylation is 1. The van der Waals surface area contributed by atoms with E-state index in [-0.39, 0.29) is 29.5 Å². The first-order valence-corrected chi connectivity index (χ1v) is 13.8. The Kier molecular flexibility index (Phi) is 7.84. The Hall–Kier alpha value is -3.86. The van der Waals surface area contributed by atoms with E-state index < -0.39 is 17.9 Å². The number of hydrogen-bond donors (Lipinski definition) is 1. The molecule has 0 unspecified atom stereocenters. The molecule has 2 aromatic carbocycles. The molecule has 210 valence electrons. The second-order valence-corrected chi connectivity index (χ2v) is 10.6. The first kappa shape index (κ1) is 27.7. The molecular weight excluding hydrogens is 543 g/mol. The Labute approximate surface area is 232 Å². The van der Waals surface area contributed by atoms with Gasteiger partial charge in [0, 0.05) is 39.8 Å². The Bertz CT molecular complexity index is 1510. The van der Waals surface area contributed by atoms with Crippen molar-refractivity contribution in [1.82, 2.24) is 9.97 Å². The third-order valence-electron chi connectivity index (χ3n) is 7.20. The van der Waals surface area contributed by atoms with E-state index >= 15 is 0 Å². The van der Waals surface area contributed by atoms with E-state index in [0.29, 0.717) is 27.3 Å². The molecule has 1 aliphatic carbocycles. The van der Waals surface area contributed by atoms with Gasteiger partial charge in [-0.05, 0) is 61.7 Å². The summed E-state index contributed by atoms with van der Waals surface area (Å²) in [7, 11) is 1.44. The highest BCUT2D eigenvalue weighted by molar-refractivity contribution is 7.13. The summed E-state index contributed by atoms with van der Waals surface area (Å²) in [6, 6.07) is 8.24. The molecule has 1 N–H and O–H groups in total. The van der Waals surface area contributed by atoms with Gasteiger partial charge in [-0.2, -0.15) is 0 Å². The van der Waals surface area contributed by atoms with Crippen molar-refractivity contribution in [2.75, 3.05) is 12.0 Å². The molecule has 1 fully saturated rings. The molecule has 5 rings (SSSR count). The maximum absolute atomic E-state index is 13.9. The van der Waals surface area contributed by atoms with Crippen molar-refractivity contribution in [2.45, 2.75) is 57.9 Å². The second kappa shape index (κ2) is 11.3. The Morgan fingerprint density at radius 3 is 2.45 bits per heavy atom. The van der Waals surface area contributed by atoms with Crippen LogP contribution in [-0.4, -0.2) is 41.2 Å². The number of aromatic nitrogens is 2. The van der Waals surface area contributed by atoms with Gasteiger partial charge in [0.25, 0.3) is 0 Å². The summed E-state index contributed by atoms with van der Waals surface area (Å²) in [5.41, 5.74) is 2.44. The zero-order valence-corrected chi connectivity index (χ0v) is 22.8. The van der Waals surface area contributed by atoms with Gasteiger partial charge in [0.2, 0.25) is 5.91 Å². The number of nitrogens with one attached hydrogen (secondary N) is 1. The van der Waals surface area contributed by atoms with Crippen molar-refractivity contribution in [3.63, 3.8) is 0 Å². The summed E-state index contributed by atoms with van der Waals surface area (Å²) in [6.45, 7) is 1.85. The van der Waals surface area contributed by atoms with Crippen LogP contribution >= 0.6 is 11.3 Å². The minimum absolute atomic E-state index is 0.0354. The molecule has 0 radical (unpaired) electrons. The number of carbonyl (C=O) groups is 2. The second-order valence-electron chi connectivity index (χ2n) is 9.74. The van der Waals surface area contributed by atoms with Crippen LogP contribution in [0.15, 0.2) is 48.0 Å². The van der Waals surface area contributed by atoms with E-state index in [2.05, 4.69) is 14.7 Å². The number of anilines is 1. The van der Waals surface area contributed by atoms with E-state index in [0.717, 1.165) is 49.9 Å². The number of H-pyrrole nitrogens is 1. The lowest BCUT2D eigenvalue weighted by atomic mass is 9.93. The smallest absolute Gasteiger partial charge is 0.496 e. The van der Waals surface area contributed by atoms with Gasteiger partial charge >= 0.3 is 6.36 Å². The van der Waals surface area contributed by atoms with Crippen LogP contribution < -0.4 is 14.4 Å². The van der Waals surface area contributed by atoms with Gasteiger partial charge in [-0.15, -0.1) is 24.5 Å². The number of hydrogen-bond acceptors (Lipinski definition) is 6. The highest BCUT2D eigenvalue weighted by Crippen LogP contribution is 2.36. The lowest BCUT2D eigenvalue weighted by Gasteiger charge is -2.32. The molecule has 0 atom stereocenters. The minimum Gasteiger partial charge on any atom is -0.496 e. The van der Waals surface area contributed by atoms with Gasteiger partial charge in [0.05, 0.1) is 19.1 Å².